The number of carbonyl (C=O) groups excluding carboxylic acids is 1. The van der Waals surface area contributed by atoms with E-state index >= 15 is 0 Å². The molecular formula is C16H19F2N3OS. The summed E-state index contributed by atoms with van der Waals surface area (Å²) in [5.74, 6) is 0.786. The zero-order valence-corrected chi connectivity index (χ0v) is 13.7. The van der Waals surface area contributed by atoms with Gasteiger partial charge in [0.25, 0.3) is 0 Å². The van der Waals surface area contributed by atoms with E-state index in [0.717, 1.165) is 42.3 Å². The zero-order valence-electron chi connectivity index (χ0n) is 12.9. The Morgan fingerprint density at radius 3 is 2.74 bits per heavy atom. The molecule has 2 heterocycles. The Morgan fingerprint density at radius 1 is 1.35 bits per heavy atom. The van der Waals surface area contributed by atoms with E-state index in [-0.39, 0.29) is 16.8 Å². The van der Waals surface area contributed by atoms with Crippen molar-refractivity contribution in [1.29, 1.82) is 0 Å². The van der Waals surface area contributed by atoms with Crippen molar-refractivity contribution >= 4 is 28.7 Å². The number of carbonyl (C=O) groups is 1. The maximum absolute atomic E-state index is 13.3. The summed E-state index contributed by atoms with van der Waals surface area (Å²) in [5.41, 5.74) is 0.916. The monoisotopic (exact) mass is 339 g/mol. The molecule has 0 unspecified atom stereocenters. The van der Waals surface area contributed by atoms with Gasteiger partial charge in [0.15, 0.2) is 5.16 Å². The number of halogens is 2. The van der Waals surface area contributed by atoms with Gasteiger partial charge in [-0.3, -0.25) is 9.36 Å². The second-order valence-corrected chi connectivity index (χ2v) is 6.83. The molecule has 1 aromatic heterocycles. The molecule has 2 aromatic rings. The van der Waals surface area contributed by atoms with Gasteiger partial charge in [0, 0.05) is 13.1 Å². The van der Waals surface area contributed by atoms with Crippen LogP contribution in [0.25, 0.3) is 11.0 Å². The highest BCUT2D eigenvalue weighted by molar-refractivity contribution is 7.99. The van der Waals surface area contributed by atoms with Crippen LogP contribution in [-0.4, -0.2) is 39.2 Å². The Bertz CT molecular complexity index is 696. The molecule has 124 valence electrons. The van der Waals surface area contributed by atoms with Crippen molar-refractivity contribution in [1.82, 2.24) is 14.5 Å². The topological polar surface area (TPSA) is 38.1 Å². The number of fused-ring (bicyclic) bond motifs is 1. The van der Waals surface area contributed by atoms with E-state index in [9.17, 15) is 13.6 Å². The predicted octanol–water partition coefficient (Wildman–Crippen LogP) is 3.78. The van der Waals surface area contributed by atoms with Gasteiger partial charge in [0.05, 0.1) is 16.8 Å². The number of likely N-dealkylation sites (tertiary alicyclic amines) is 1. The average molecular weight is 339 g/mol. The van der Waals surface area contributed by atoms with E-state index in [0.29, 0.717) is 17.0 Å². The SMILES string of the molecule is CC1CCN(C(=O)CSc2nc3ccccc3n2C(F)F)CC1. The Kier molecular flexibility index (Phi) is 4.84. The molecule has 1 aromatic carbocycles. The first-order valence-corrected chi connectivity index (χ1v) is 8.70. The number of piperidine rings is 1. The van der Waals surface area contributed by atoms with Gasteiger partial charge in [-0.05, 0) is 30.9 Å². The van der Waals surface area contributed by atoms with Gasteiger partial charge in [0.1, 0.15) is 0 Å². The van der Waals surface area contributed by atoms with E-state index in [1.807, 2.05) is 4.90 Å². The highest BCUT2D eigenvalue weighted by atomic mass is 32.2. The smallest absolute Gasteiger partial charge is 0.321 e. The van der Waals surface area contributed by atoms with Crippen molar-refractivity contribution < 1.29 is 13.6 Å². The number of alkyl halides is 2. The van der Waals surface area contributed by atoms with Gasteiger partial charge < -0.3 is 4.90 Å². The summed E-state index contributed by atoms with van der Waals surface area (Å²) in [7, 11) is 0. The normalized spacial score (nSPS) is 16.4. The quantitative estimate of drug-likeness (QED) is 0.796. The highest BCUT2D eigenvalue weighted by Gasteiger charge is 2.22. The summed E-state index contributed by atoms with van der Waals surface area (Å²) in [6.45, 7) is 1.02. The number of amides is 1. The lowest BCUT2D eigenvalue weighted by Crippen LogP contribution is -2.38. The number of thioether (sulfide) groups is 1. The van der Waals surface area contributed by atoms with E-state index in [1.165, 1.54) is 0 Å². The van der Waals surface area contributed by atoms with Gasteiger partial charge in [-0.15, -0.1) is 0 Å². The lowest BCUT2D eigenvalue weighted by molar-refractivity contribution is -0.129. The third-order valence-electron chi connectivity index (χ3n) is 4.22. The van der Waals surface area contributed by atoms with E-state index < -0.39 is 6.55 Å². The molecule has 1 aliphatic rings. The van der Waals surface area contributed by atoms with E-state index in [1.54, 1.807) is 24.3 Å². The minimum atomic E-state index is -2.67. The molecule has 1 amide bonds. The molecule has 0 saturated carbocycles. The minimum absolute atomic E-state index is 0.00484. The number of imidazole rings is 1. The Hall–Kier alpha value is -1.63. The number of hydrogen-bond donors (Lipinski definition) is 0. The molecular weight excluding hydrogens is 320 g/mol. The van der Waals surface area contributed by atoms with Gasteiger partial charge in [-0.2, -0.15) is 8.78 Å². The molecule has 0 spiro atoms. The average Bonchev–Trinajstić information content (AvgIpc) is 2.91. The fourth-order valence-corrected chi connectivity index (χ4v) is 3.70. The first kappa shape index (κ1) is 16.2. The third-order valence-corrected chi connectivity index (χ3v) is 5.16. The van der Waals surface area contributed by atoms with Crippen molar-refractivity contribution in [3.05, 3.63) is 24.3 Å². The molecule has 0 bridgehead atoms. The van der Waals surface area contributed by atoms with Crippen molar-refractivity contribution in [2.75, 3.05) is 18.8 Å². The van der Waals surface area contributed by atoms with Crippen LogP contribution in [0.2, 0.25) is 0 Å². The highest BCUT2D eigenvalue weighted by Crippen LogP contribution is 2.29. The maximum Gasteiger partial charge on any atom is 0.321 e. The summed E-state index contributed by atoms with van der Waals surface area (Å²) in [6, 6.07) is 6.79. The molecule has 0 N–H and O–H groups in total. The van der Waals surface area contributed by atoms with Crippen LogP contribution in [0, 0.1) is 5.92 Å². The number of para-hydroxylation sites is 2. The Labute approximate surface area is 137 Å². The number of nitrogens with zero attached hydrogens (tertiary/aromatic N) is 3. The summed E-state index contributed by atoms with van der Waals surface area (Å²) in [4.78, 5) is 18.3. The van der Waals surface area contributed by atoms with Gasteiger partial charge >= 0.3 is 6.55 Å². The van der Waals surface area contributed by atoms with Crippen LogP contribution in [0.1, 0.15) is 26.3 Å². The fraction of sp³-hybridized carbons (Fsp3) is 0.500. The first-order valence-electron chi connectivity index (χ1n) is 7.72. The molecule has 4 nitrogen and oxygen atoms in total. The van der Waals surface area contributed by atoms with Crippen LogP contribution >= 0.6 is 11.8 Å². The van der Waals surface area contributed by atoms with Gasteiger partial charge in [-0.25, -0.2) is 4.98 Å². The molecule has 7 heteroatoms. The molecule has 1 saturated heterocycles. The van der Waals surface area contributed by atoms with Crippen molar-refractivity contribution in [2.45, 2.75) is 31.5 Å². The molecule has 3 rings (SSSR count). The molecule has 0 aliphatic carbocycles. The number of aromatic nitrogens is 2. The summed E-state index contributed by atoms with van der Waals surface area (Å²) in [6.07, 6.45) is 2.01. The van der Waals surface area contributed by atoms with Crippen LogP contribution in [0.3, 0.4) is 0 Å². The molecule has 1 aliphatic heterocycles. The van der Waals surface area contributed by atoms with Crippen molar-refractivity contribution in [3.8, 4) is 0 Å². The first-order chi connectivity index (χ1) is 11.1. The summed E-state index contributed by atoms with van der Waals surface area (Å²) < 4.78 is 27.5. The standard InChI is InChI=1S/C16H19F2N3OS/c1-11-6-8-20(9-7-11)14(22)10-23-16-19-12-4-2-3-5-13(12)21(16)15(17)18/h2-5,11,15H,6-10H2,1H3. The van der Waals surface area contributed by atoms with Crippen LogP contribution < -0.4 is 0 Å². The third kappa shape index (κ3) is 3.49. The molecule has 1 fully saturated rings. The van der Waals surface area contributed by atoms with Gasteiger partial charge in [0.2, 0.25) is 5.91 Å². The van der Waals surface area contributed by atoms with Crippen LogP contribution in [0.15, 0.2) is 29.4 Å². The van der Waals surface area contributed by atoms with Crippen molar-refractivity contribution in [3.63, 3.8) is 0 Å². The number of hydrogen-bond acceptors (Lipinski definition) is 3. The van der Waals surface area contributed by atoms with Crippen LogP contribution in [0.5, 0.6) is 0 Å². The largest absolute Gasteiger partial charge is 0.342 e. The van der Waals surface area contributed by atoms with Crippen molar-refractivity contribution in [2.24, 2.45) is 5.92 Å². The predicted molar refractivity (Wildman–Crippen MR) is 86.7 cm³/mol. The van der Waals surface area contributed by atoms with Gasteiger partial charge in [-0.1, -0.05) is 30.8 Å². The van der Waals surface area contributed by atoms with Crippen LogP contribution in [0.4, 0.5) is 8.78 Å². The molecule has 23 heavy (non-hydrogen) atoms. The Morgan fingerprint density at radius 2 is 2.04 bits per heavy atom. The molecule has 0 atom stereocenters. The Balaban J connectivity index is 1.71. The lowest BCUT2D eigenvalue weighted by atomic mass is 9.99. The second-order valence-electron chi connectivity index (χ2n) is 5.88. The van der Waals surface area contributed by atoms with Crippen LogP contribution in [-0.2, 0) is 4.79 Å². The lowest BCUT2D eigenvalue weighted by Gasteiger charge is -2.30. The van der Waals surface area contributed by atoms with E-state index in [2.05, 4.69) is 11.9 Å². The zero-order chi connectivity index (χ0) is 16.4. The fourth-order valence-electron chi connectivity index (χ4n) is 2.79. The number of benzene rings is 1. The minimum Gasteiger partial charge on any atom is -0.342 e. The van der Waals surface area contributed by atoms with E-state index in [4.69, 9.17) is 0 Å². The number of rotatable bonds is 4. The summed E-state index contributed by atoms with van der Waals surface area (Å²) in [5, 5.41) is 0.194. The summed E-state index contributed by atoms with van der Waals surface area (Å²) >= 11 is 1.08. The molecule has 0 radical (unpaired) electrons. The second kappa shape index (κ2) is 6.86. The maximum atomic E-state index is 13.3.